The molecule has 0 aromatic carbocycles. The highest BCUT2D eigenvalue weighted by atomic mass is 16.6. The largest absolute Gasteiger partial charge is 0.462 e. The summed E-state index contributed by atoms with van der Waals surface area (Å²) in [6.07, 6.45) is 48.5. The van der Waals surface area contributed by atoms with Crippen LogP contribution in [-0.2, 0) is 28.6 Å². The van der Waals surface area contributed by atoms with E-state index < -0.39 is 6.10 Å². The highest BCUT2D eigenvalue weighted by Gasteiger charge is 2.19. The summed E-state index contributed by atoms with van der Waals surface area (Å²) < 4.78 is 16.6. The summed E-state index contributed by atoms with van der Waals surface area (Å²) >= 11 is 0. The summed E-state index contributed by atoms with van der Waals surface area (Å²) in [5.74, 6) is -0.941. The molecule has 0 aliphatic heterocycles. The molecule has 0 aromatic heterocycles. The van der Waals surface area contributed by atoms with Crippen molar-refractivity contribution in [2.45, 2.75) is 239 Å². The van der Waals surface area contributed by atoms with Crippen LogP contribution in [0.1, 0.15) is 233 Å². The van der Waals surface area contributed by atoms with Crippen LogP contribution in [0.3, 0.4) is 0 Å². The molecular weight excluding hydrogens is 673 g/mol. The Morgan fingerprint density at radius 1 is 0.370 bits per heavy atom. The molecule has 0 aromatic rings. The zero-order valence-corrected chi connectivity index (χ0v) is 35.7. The summed E-state index contributed by atoms with van der Waals surface area (Å²) in [6, 6.07) is 0. The van der Waals surface area contributed by atoms with Crippen molar-refractivity contribution in [1.29, 1.82) is 0 Å². The molecular formula is C48H86O6. The van der Waals surface area contributed by atoms with E-state index in [1.54, 1.807) is 0 Å². The smallest absolute Gasteiger partial charge is 0.306 e. The van der Waals surface area contributed by atoms with Crippen molar-refractivity contribution in [1.82, 2.24) is 0 Å². The molecule has 6 heteroatoms. The molecule has 0 amide bonds. The zero-order valence-electron chi connectivity index (χ0n) is 35.7. The number of allylic oxidation sites excluding steroid dienone is 6. The van der Waals surface area contributed by atoms with E-state index in [1.807, 2.05) is 0 Å². The molecule has 0 radical (unpaired) electrons. The summed E-state index contributed by atoms with van der Waals surface area (Å²) in [7, 11) is 0. The Balaban J connectivity index is 4.39. The highest BCUT2D eigenvalue weighted by molar-refractivity contribution is 5.71. The number of carbonyl (C=O) groups excluding carboxylic acids is 3. The van der Waals surface area contributed by atoms with Crippen molar-refractivity contribution in [2.24, 2.45) is 0 Å². The third kappa shape index (κ3) is 40.8. The fourth-order valence-electron chi connectivity index (χ4n) is 6.40. The molecule has 0 aliphatic carbocycles. The third-order valence-electron chi connectivity index (χ3n) is 9.90. The minimum atomic E-state index is -0.784. The Bertz CT molecular complexity index is 922. The Kier molecular flexibility index (Phi) is 41.5. The van der Waals surface area contributed by atoms with E-state index >= 15 is 0 Å². The normalized spacial score (nSPS) is 12.3. The minimum absolute atomic E-state index is 0.0848. The highest BCUT2D eigenvalue weighted by Crippen LogP contribution is 2.14. The lowest BCUT2D eigenvalue weighted by Gasteiger charge is -2.18. The molecule has 54 heavy (non-hydrogen) atoms. The van der Waals surface area contributed by atoms with Crippen LogP contribution in [0.15, 0.2) is 36.5 Å². The molecule has 6 nitrogen and oxygen atoms in total. The van der Waals surface area contributed by atoms with Crippen molar-refractivity contribution >= 4 is 17.9 Å². The van der Waals surface area contributed by atoms with Crippen molar-refractivity contribution in [2.75, 3.05) is 13.2 Å². The average Bonchev–Trinajstić information content (AvgIpc) is 3.17. The Morgan fingerprint density at radius 2 is 0.685 bits per heavy atom. The molecule has 1 atom stereocenters. The fraction of sp³-hybridized carbons (Fsp3) is 0.812. The van der Waals surface area contributed by atoms with Crippen LogP contribution >= 0.6 is 0 Å². The number of carbonyl (C=O) groups is 3. The van der Waals surface area contributed by atoms with Crippen LogP contribution in [0.5, 0.6) is 0 Å². The van der Waals surface area contributed by atoms with Gasteiger partial charge in [-0.05, 0) is 51.4 Å². The van der Waals surface area contributed by atoms with E-state index in [1.165, 1.54) is 128 Å². The van der Waals surface area contributed by atoms with Gasteiger partial charge in [-0.3, -0.25) is 14.4 Å². The predicted octanol–water partition coefficient (Wildman–Crippen LogP) is 14.6. The minimum Gasteiger partial charge on any atom is -0.462 e. The van der Waals surface area contributed by atoms with Crippen LogP contribution < -0.4 is 0 Å². The van der Waals surface area contributed by atoms with E-state index in [9.17, 15) is 14.4 Å². The van der Waals surface area contributed by atoms with Gasteiger partial charge in [0.05, 0.1) is 0 Å². The number of hydrogen-bond acceptors (Lipinski definition) is 6. The van der Waals surface area contributed by atoms with Gasteiger partial charge in [-0.2, -0.15) is 0 Å². The Morgan fingerprint density at radius 3 is 1.11 bits per heavy atom. The maximum Gasteiger partial charge on any atom is 0.306 e. The van der Waals surface area contributed by atoms with Crippen LogP contribution in [-0.4, -0.2) is 37.2 Å². The van der Waals surface area contributed by atoms with Gasteiger partial charge in [0.2, 0.25) is 0 Å². The third-order valence-corrected chi connectivity index (χ3v) is 9.90. The monoisotopic (exact) mass is 759 g/mol. The van der Waals surface area contributed by atoms with E-state index in [2.05, 4.69) is 57.2 Å². The predicted molar refractivity (Wildman–Crippen MR) is 229 cm³/mol. The van der Waals surface area contributed by atoms with Gasteiger partial charge >= 0.3 is 17.9 Å². The molecule has 0 heterocycles. The van der Waals surface area contributed by atoms with Crippen LogP contribution in [0.25, 0.3) is 0 Å². The molecule has 314 valence electrons. The first-order valence-electron chi connectivity index (χ1n) is 23.0. The van der Waals surface area contributed by atoms with Crippen molar-refractivity contribution in [3.8, 4) is 0 Å². The Hall–Kier alpha value is -2.37. The molecule has 0 bridgehead atoms. The van der Waals surface area contributed by atoms with Crippen molar-refractivity contribution in [3.05, 3.63) is 36.5 Å². The van der Waals surface area contributed by atoms with E-state index in [-0.39, 0.29) is 31.1 Å². The first-order valence-corrected chi connectivity index (χ1v) is 23.0. The molecule has 1 unspecified atom stereocenters. The first kappa shape index (κ1) is 51.6. The van der Waals surface area contributed by atoms with Gasteiger partial charge in [0.25, 0.3) is 0 Å². The van der Waals surface area contributed by atoms with E-state index in [4.69, 9.17) is 14.2 Å². The lowest BCUT2D eigenvalue weighted by Crippen LogP contribution is -2.30. The van der Waals surface area contributed by atoms with Crippen LogP contribution in [0, 0.1) is 0 Å². The average molecular weight is 759 g/mol. The lowest BCUT2D eigenvalue weighted by molar-refractivity contribution is -0.167. The van der Waals surface area contributed by atoms with Crippen molar-refractivity contribution in [3.63, 3.8) is 0 Å². The molecule has 0 rings (SSSR count). The molecule has 0 fully saturated rings. The van der Waals surface area contributed by atoms with Gasteiger partial charge in [0.1, 0.15) is 13.2 Å². The Labute approximate surface area is 334 Å². The maximum atomic E-state index is 12.7. The van der Waals surface area contributed by atoms with Crippen LogP contribution in [0.4, 0.5) is 0 Å². The lowest BCUT2D eigenvalue weighted by atomic mass is 10.1. The van der Waals surface area contributed by atoms with E-state index in [0.717, 1.165) is 57.8 Å². The van der Waals surface area contributed by atoms with E-state index in [0.29, 0.717) is 25.7 Å². The second kappa shape index (κ2) is 43.4. The second-order valence-corrected chi connectivity index (χ2v) is 15.3. The van der Waals surface area contributed by atoms with Gasteiger partial charge in [0, 0.05) is 19.3 Å². The molecule has 0 N–H and O–H groups in total. The summed E-state index contributed by atoms with van der Waals surface area (Å²) in [6.45, 7) is 6.55. The van der Waals surface area contributed by atoms with Gasteiger partial charge in [-0.1, -0.05) is 198 Å². The van der Waals surface area contributed by atoms with Crippen LogP contribution in [0.2, 0.25) is 0 Å². The number of rotatable bonds is 41. The van der Waals surface area contributed by atoms with Gasteiger partial charge in [-0.15, -0.1) is 0 Å². The number of esters is 3. The summed E-state index contributed by atoms with van der Waals surface area (Å²) in [5.41, 5.74) is 0. The fourth-order valence-corrected chi connectivity index (χ4v) is 6.40. The standard InChI is InChI=1S/C48H86O6/c1-4-7-10-13-16-19-21-22-23-24-25-26-27-30-32-35-38-41-47(50)53-44-45(43-52-46(49)40-37-34-31-28-18-15-12-9-6-3)54-48(51)42-39-36-33-29-20-17-14-11-8-5-2/h22-23,25-26,30,32,45H,4-21,24,27-29,31,33-44H2,1-3H3/b23-22-,26-25-,32-30-. The topological polar surface area (TPSA) is 78.9 Å². The maximum absolute atomic E-state index is 12.7. The number of hydrogen-bond donors (Lipinski definition) is 0. The number of ether oxygens (including phenoxy) is 3. The second-order valence-electron chi connectivity index (χ2n) is 15.3. The summed E-state index contributed by atoms with van der Waals surface area (Å²) in [5, 5.41) is 0. The first-order chi connectivity index (χ1) is 26.5. The van der Waals surface area contributed by atoms with Gasteiger partial charge < -0.3 is 14.2 Å². The molecule has 0 saturated heterocycles. The molecule has 0 aliphatic rings. The molecule has 0 spiro atoms. The quantitative estimate of drug-likeness (QED) is 0.0267. The van der Waals surface area contributed by atoms with Crippen molar-refractivity contribution < 1.29 is 28.6 Å². The zero-order chi connectivity index (χ0) is 39.4. The number of unbranched alkanes of at least 4 members (excludes halogenated alkanes) is 24. The van der Waals surface area contributed by atoms with Gasteiger partial charge in [0.15, 0.2) is 6.10 Å². The van der Waals surface area contributed by atoms with Gasteiger partial charge in [-0.25, -0.2) is 0 Å². The molecule has 0 saturated carbocycles. The summed E-state index contributed by atoms with van der Waals surface area (Å²) in [4.78, 5) is 37.6. The SMILES string of the molecule is CCCCCCCC/C=C\C/C=C\C/C=C\CCCC(=O)OCC(COC(=O)CCCCCCCCCCC)OC(=O)CCCCCCCCCCCC.